The number of aromatic nitrogens is 3. The van der Waals surface area contributed by atoms with E-state index >= 15 is 0 Å². The number of nitrogens with zero attached hydrogens (tertiary/aromatic N) is 4. The standard InChI is InChI=1S/C11H13BrN4/c1-7-3-5-15(7)11-10-13-4-6-16(10)8(2)9(12)14-11/h4,6-7H,3,5H2,1-2H3/t7-/m0/s1. The molecule has 3 rings (SSSR count). The summed E-state index contributed by atoms with van der Waals surface area (Å²) in [4.78, 5) is 11.3. The fourth-order valence-electron chi connectivity index (χ4n) is 2.09. The van der Waals surface area contributed by atoms with Crippen LogP contribution < -0.4 is 4.90 Å². The van der Waals surface area contributed by atoms with Crippen molar-refractivity contribution >= 4 is 27.4 Å². The fourth-order valence-corrected chi connectivity index (χ4v) is 2.45. The highest BCUT2D eigenvalue weighted by atomic mass is 79.9. The molecule has 0 N–H and O–H groups in total. The summed E-state index contributed by atoms with van der Waals surface area (Å²) in [6.45, 7) is 5.33. The van der Waals surface area contributed by atoms with Crippen molar-refractivity contribution in [2.75, 3.05) is 11.4 Å². The summed E-state index contributed by atoms with van der Waals surface area (Å²) >= 11 is 3.51. The van der Waals surface area contributed by atoms with Crippen LogP contribution >= 0.6 is 15.9 Å². The molecule has 16 heavy (non-hydrogen) atoms. The van der Waals surface area contributed by atoms with Crippen LogP contribution in [-0.4, -0.2) is 27.0 Å². The van der Waals surface area contributed by atoms with Crippen LogP contribution in [0.2, 0.25) is 0 Å². The molecule has 0 amide bonds. The van der Waals surface area contributed by atoms with Gasteiger partial charge in [0.2, 0.25) is 0 Å². The molecule has 0 aromatic carbocycles. The zero-order valence-electron chi connectivity index (χ0n) is 9.31. The summed E-state index contributed by atoms with van der Waals surface area (Å²) in [5.41, 5.74) is 2.04. The molecule has 0 bridgehead atoms. The monoisotopic (exact) mass is 280 g/mol. The van der Waals surface area contributed by atoms with Gasteiger partial charge >= 0.3 is 0 Å². The lowest BCUT2D eigenvalue weighted by Crippen LogP contribution is -2.46. The molecular weight excluding hydrogens is 268 g/mol. The van der Waals surface area contributed by atoms with Crippen molar-refractivity contribution < 1.29 is 0 Å². The molecule has 0 spiro atoms. The first-order chi connectivity index (χ1) is 7.68. The Morgan fingerprint density at radius 3 is 2.94 bits per heavy atom. The molecule has 2 aromatic rings. The van der Waals surface area contributed by atoms with E-state index in [1.165, 1.54) is 6.42 Å². The Balaban J connectivity index is 2.24. The predicted octanol–water partition coefficient (Wildman–Crippen LogP) is 2.40. The Bertz CT molecular complexity index is 548. The van der Waals surface area contributed by atoms with E-state index in [2.05, 4.69) is 42.1 Å². The fraction of sp³-hybridized carbons (Fsp3) is 0.455. The summed E-state index contributed by atoms with van der Waals surface area (Å²) in [5, 5.41) is 0. The summed E-state index contributed by atoms with van der Waals surface area (Å²) in [6.07, 6.45) is 5.04. The van der Waals surface area contributed by atoms with Crippen LogP contribution in [-0.2, 0) is 0 Å². The van der Waals surface area contributed by atoms with E-state index < -0.39 is 0 Å². The minimum Gasteiger partial charge on any atom is -0.351 e. The molecule has 3 heterocycles. The van der Waals surface area contributed by atoms with Crippen molar-refractivity contribution in [1.82, 2.24) is 14.4 Å². The van der Waals surface area contributed by atoms with Crippen molar-refractivity contribution in [2.45, 2.75) is 26.3 Å². The van der Waals surface area contributed by atoms with Gasteiger partial charge in [-0.3, -0.25) is 4.40 Å². The second kappa shape index (κ2) is 3.45. The molecule has 1 aliphatic heterocycles. The largest absolute Gasteiger partial charge is 0.351 e. The van der Waals surface area contributed by atoms with Crippen molar-refractivity contribution in [3.63, 3.8) is 0 Å². The molecule has 84 valence electrons. The number of fused-ring (bicyclic) bond motifs is 1. The first-order valence-electron chi connectivity index (χ1n) is 5.44. The normalized spacial score (nSPS) is 20.2. The van der Waals surface area contributed by atoms with E-state index in [1.807, 2.05) is 19.3 Å². The SMILES string of the molecule is Cc1c(Br)nc(N2CC[C@@H]2C)c2nccn12. The summed E-state index contributed by atoms with van der Waals surface area (Å²) in [7, 11) is 0. The van der Waals surface area contributed by atoms with Gasteiger partial charge in [-0.15, -0.1) is 0 Å². The molecule has 0 aliphatic carbocycles. The van der Waals surface area contributed by atoms with Crippen molar-refractivity contribution in [2.24, 2.45) is 0 Å². The molecule has 4 nitrogen and oxygen atoms in total. The van der Waals surface area contributed by atoms with Crippen LogP contribution in [0.15, 0.2) is 17.0 Å². The van der Waals surface area contributed by atoms with E-state index in [4.69, 9.17) is 0 Å². The van der Waals surface area contributed by atoms with Crippen molar-refractivity contribution in [3.05, 3.63) is 22.7 Å². The Morgan fingerprint density at radius 2 is 2.31 bits per heavy atom. The third-order valence-corrected chi connectivity index (χ3v) is 4.05. The molecule has 0 unspecified atom stereocenters. The van der Waals surface area contributed by atoms with E-state index in [9.17, 15) is 0 Å². The van der Waals surface area contributed by atoms with E-state index in [1.54, 1.807) is 0 Å². The molecule has 5 heteroatoms. The zero-order valence-corrected chi connectivity index (χ0v) is 10.9. The van der Waals surface area contributed by atoms with Crippen LogP contribution in [0.1, 0.15) is 19.0 Å². The van der Waals surface area contributed by atoms with Gasteiger partial charge < -0.3 is 4.90 Å². The van der Waals surface area contributed by atoms with Gasteiger partial charge in [-0.2, -0.15) is 0 Å². The average Bonchev–Trinajstić information content (AvgIpc) is 2.72. The van der Waals surface area contributed by atoms with E-state index in [-0.39, 0.29) is 0 Å². The highest BCUT2D eigenvalue weighted by Gasteiger charge is 2.27. The number of imidazole rings is 1. The topological polar surface area (TPSA) is 33.4 Å². The van der Waals surface area contributed by atoms with Gasteiger partial charge in [0.1, 0.15) is 4.60 Å². The molecular formula is C11H13BrN4. The average molecular weight is 281 g/mol. The summed E-state index contributed by atoms with van der Waals surface area (Å²) < 4.78 is 2.98. The lowest BCUT2D eigenvalue weighted by Gasteiger charge is -2.39. The molecule has 1 aliphatic rings. The number of halogens is 1. The Hall–Kier alpha value is -1.10. The number of rotatable bonds is 1. The second-order valence-electron chi connectivity index (χ2n) is 4.26. The molecule has 0 radical (unpaired) electrons. The van der Waals surface area contributed by atoms with Gasteiger partial charge in [0, 0.05) is 25.0 Å². The zero-order chi connectivity index (χ0) is 11.3. The lowest BCUT2D eigenvalue weighted by atomic mass is 10.1. The van der Waals surface area contributed by atoms with E-state index in [0.29, 0.717) is 6.04 Å². The highest BCUT2D eigenvalue weighted by Crippen LogP contribution is 2.30. The van der Waals surface area contributed by atoms with Gasteiger partial charge in [0.15, 0.2) is 11.5 Å². The van der Waals surface area contributed by atoms with E-state index in [0.717, 1.165) is 28.3 Å². The van der Waals surface area contributed by atoms with Crippen LogP contribution in [0.25, 0.3) is 5.65 Å². The number of hydrogen-bond donors (Lipinski definition) is 0. The quantitative estimate of drug-likeness (QED) is 0.804. The second-order valence-corrected chi connectivity index (χ2v) is 5.01. The molecule has 1 fully saturated rings. The molecule has 0 saturated carbocycles. The minimum absolute atomic E-state index is 0.572. The molecule has 1 atom stereocenters. The first kappa shape index (κ1) is 10.1. The van der Waals surface area contributed by atoms with Gasteiger partial charge in [-0.05, 0) is 36.2 Å². The maximum Gasteiger partial charge on any atom is 0.180 e. The molecule has 2 aromatic heterocycles. The van der Waals surface area contributed by atoms with Gasteiger partial charge in [-0.1, -0.05) is 0 Å². The number of anilines is 1. The van der Waals surface area contributed by atoms with Crippen molar-refractivity contribution in [3.8, 4) is 0 Å². The van der Waals surface area contributed by atoms with Crippen molar-refractivity contribution in [1.29, 1.82) is 0 Å². The number of aryl methyl sites for hydroxylation is 1. The lowest BCUT2D eigenvalue weighted by molar-refractivity contribution is 0.476. The van der Waals surface area contributed by atoms with Crippen LogP contribution in [0.5, 0.6) is 0 Å². The highest BCUT2D eigenvalue weighted by molar-refractivity contribution is 9.10. The van der Waals surface area contributed by atoms with Gasteiger partial charge in [-0.25, -0.2) is 9.97 Å². The van der Waals surface area contributed by atoms with Gasteiger partial charge in [0.25, 0.3) is 0 Å². The third kappa shape index (κ3) is 1.27. The predicted molar refractivity (Wildman–Crippen MR) is 66.8 cm³/mol. The Labute approximate surface area is 102 Å². The Kier molecular flexibility index (Phi) is 2.17. The Morgan fingerprint density at radius 1 is 1.50 bits per heavy atom. The third-order valence-electron chi connectivity index (χ3n) is 3.30. The summed E-state index contributed by atoms with van der Waals surface area (Å²) in [5.74, 6) is 0.987. The summed E-state index contributed by atoms with van der Waals surface area (Å²) in [6, 6.07) is 0.572. The minimum atomic E-state index is 0.572. The first-order valence-corrected chi connectivity index (χ1v) is 6.23. The van der Waals surface area contributed by atoms with Gasteiger partial charge in [0.05, 0.1) is 5.69 Å². The van der Waals surface area contributed by atoms with Crippen LogP contribution in [0.3, 0.4) is 0 Å². The van der Waals surface area contributed by atoms with Crippen LogP contribution in [0.4, 0.5) is 5.82 Å². The maximum atomic E-state index is 4.60. The smallest absolute Gasteiger partial charge is 0.180 e. The number of hydrogen-bond acceptors (Lipinski definition) is 3. The maximum absolute atomic E-state index is 4.60. The molecule has 1 saturated heterocycles. The van der Waals surface area contributed by atoms with Crippen LogP contribution in [0, 0.1) is 6.92 Å².